The van der Waals surface area contributed by atoms with Crippen molar-refractivity contribution in [2.75, 3.05) is 7.05 Å². The normalized spacial score (nSPS) is 13.2. The molecule has 0 fully saturated rings. The van der Waals surface area contributed by atoms with Crippen LogP contribution in [0, 0.1) is 6.92 Å². The van der Waals surface area contributed by atoms with E-state index >= 15 is 0 Å². The number of ether oxygens (including phenoxy) is 1. The summed E-state index contributed by atoms with van der Waals surface area (Å²) in [6.07, 6.45) is -4.67. The second kappa shape index (κ2) is 6.03. The zero-order chi connectivity index (χ0) is 15.6. The first kappa shape index (κ1) is 15.8. The van der Waals surface area contributed by atoms with E-state index in [0.717, 1.165) is 21.1 Å². The fourth-order valence-corrected chi connectivity index (χ4v) is 3.00. The first-order valence-corrected chi connectivity index (χ1v) is 7.12. The Labute approximate surface area is 124 Å². The fourth-order valence-electron chi connectivity index (χ4n) is 1.86. The van der Waals surface area contributed by atoms with Crippen LogP contribution in [-0.4, -0.2) is 18.4 Å². The monoisotopic (exact) mass is 316 g/mol. The predicted molar refractivity (Wildman–Crippen MR) is 76.4 cm³/mol. The molecule has 0 radical (unpaired) electrons. The van der Waals surface area contributed by atoms with E-state index in [1.54, 1.807) is 12.1 Å². The van der Waals surface area contributed by atoms with Crippen molar-refractivity contribution in [1.82, 2.24) is 10.3 Å². The van der Waals surface area contributed by atoms with Gasteiger partial charge in [0.1, 0.15) is 10.8 Å². The zero-order valence-electron chi connectivity index (χ0n) is 11.8. The molecule has 1 N–H and O–H groups in total. The molecule has 0 spiro atoms. The third-order valence-electron chi connectivity index (χ3n) is 2.99. The van der Waals surface area contributed by atoms with Crippen LogP contribution >= 0.6 is 11.3 Å². The molecule has 1 aromatic carbocycles. The third kappa shape index (κ3) is 3.95. The lowest BCUT2D eigenvalue weighted by Gasteiger charge is -2.08. The van der Waals surface area contributed by atoms with Crippen molar-refractivity contribution in [3.05, 3.63) is 34.8 Å². The van der Waals surface area contributed by atoms with Gasteiger partial charge < -0.3 is 10.1 Å². The van der Waals surface area contributed by atoms with E-state index in [4.69, 9.17) is 0 Å². The second-order valence-corrected chi connectivity index (χ2v) is 5.58. The van der Waals surface area contributed by atoms with Gasteiger partial charge in [0.25, 0.3) is 0 Å². The molecule has 0 saturated carbocycles. The van der Waals surface area contributed by atoms with Crippen LogP contribution < -0.4 is 10.1 Å². The first-order valence-electron chi connectivity index (χ1n) is 6.31. The molecule has 1 heterocycles. The number of halogens is 3. The molecule has 21 heavy (non-hydrogen) atoms. The summed E-state index contributed by atoms with van der Waals surface area (Å²) >= 11 is 1.53. The smallest absolute Gasteiger partial charge is 0.406 e. The Morgan fingerprint density at radius 3 is 2.38 bits per heavy atom. The minimum Gasteiger partial charge on any atom is -0.406 e. The molecule has 0 saturated heterocycles. The van der Waals surface area contributed by atoms with Crippen molar-refractivity contribution >= 4 is 11.3 Å². The van der Waals surface area contributed by atoms with E-state index in [1.807, 2.05) is 20.9 Å². The lowest BCUT2D eigenvalue weighted by Crippen LogP contribution is -2.16. The van der Waals surface area contributed by atoms with Crippen LogP contribution in [0.25, 0.3) is 10.6 Å². The summed E-state index contributed by atoms with van der Waals surface area (Å²) in [5.41, 5.74) is 1.69. The Bertz CT molecular complexity index is 608. The molecule has 7 heteroatoms. The molecule has 1 unspecified atom stereocenters. The first-order chi connectivity index (χ1) is 9.80. The summed E-state index contributed by atoms with van der Waals surface area (Å²) in [5, 5.41) is 3.93. The zero-order valence-corrected chi connectivity index (χ0v) is 12.6. The van der Waals surface area contributed by atoms with Gasteiger partial charge in [0.05, 0.1) is 5.69 Å². The third-order valence-corrected chi connectivity index (χ3v) is 4.38. The molecule has 0 aliphatic rings. The van der Waals surface area contributed by atoms with Crippen molar-refractivity contribution in [2.45, 2.75) is 26.3 Å². The number of hydrogen-bond donors (Lipinski definition) is 1. The van der Waals surface area contributed by atoms with Gasteiger partial charge in [0, 0.05) is 16.5 Å². The van der Waals surface area contributed by atoms with Crippen LogP contribution in [0.15, 0.2) is 24.3 Å². The van der Waals surface area contributed by atoms with Crippen LogP contribution in [-0.2, 0) is 0 Å². The quantitative estimate of drug-likeness (QED) is 0.913. The van der Waals surface area contributed by atoms with Crippen LogP contribution in [0.1, 0.15) is 23.5 Å². The van der Waals surface area contributed by atoms with Gasteiger partial charge in [-0.05, 0) is 45.2 Å². The van der Waals surface area contributed by atoms with E-state index in [9.17, 15) is 13.2 Å². The van der Waals surface area contributed by atoms with Crippen molar-refractivity contribution in [2.24, 2.45) is 0 Å². The number of nitrogens with one attached hydrogen (secondary N) is 1. The summed E-state index contributed by atoms with van der Waals surface area (Å²) in [6, 6.07) is 5.92. The van der Waals surface area contributed by atoms with Crippen LogP contribution in [0.5, 0.6) is 5.75 Å². The lowest BCUT2D eigenvalue weighted by molar-refractivity contribution is -0.274. The molecular weight excluding hydrogens is 301 g/mol. The fraction of sp³-hybridized carbons (Fsp3) is 0.357. The number of rotatable bonds is 4. The minimum atomic E-state index is -4.67. The van der Waals surface area contributed by atoms with Crippen molar-refractivity contribution in [3.8, 4) is 16.3 Å². The number of alkyl halides is 3. The van der Waals surface area contributed by atoms with E-state index in [-0.39, 0.29) is 11.8 Å². The van der Waals surface area contributed by atoms with Gasteiger partial charge in [-0.3, -0.25) is 0 Å². The SMILES string of the molecule is CNC(C)c1sc(-c2ccc(OC(F)(F)F)cc2)nc1C. The average Bonchev–Trinajstić information content (AvgIpc) is 2.79. The summed E-state index contributed by atoms with van der Waals surface area (Å²) in [7, 11) is 1.87. The molecule has 114 valence electrons. The van der Waals surface area contributed by atoms with E-state index in [1.165, 1.54) is 23.5 Å². The van der Waals surface area contributed by atoms with Gasteiger partial charge >= 0.3 is 6.36 Å². The molecule has 0 aliphatic carbocycles. The highest BCUT2D eigenvalue weighted by atomic mass is 32.1. The standard InChI is InChI=1S/C14H15F3N2OS/c1-8(18-3)12-9(2)19-13(21-12)10-4-6-11(7-5-10)20-14(15,16)17/h4-8,18H,1-3H3. The van der Waals surface area contributed by atoms with Crippen molar-refractivity contribution < 1.29 is 17.9 Å². The molecule has 1 aromatic heterocycles. The molecule has 0 amide bonds. The van der Waals surface area contributed by atoms with E-state index < -0.39 is 6.36 Å². The maximum atomic E-state index is 12.1. The molecule has 2 rings (SSSR count). The molecule has 0 bridgehead atoms. The number of thiazole rings is 1. The number of nitrogens with zero attached hydrogens (tertiary/aromatic N) is 1. The summed E-state index contributed by atoms with van der Waals surface area (Å²) in [6.45, 7) is 3.95. The maximum absolute atomic E-state index is 12.1. The molecule has 3 nitrogen and oxygen atoms in total. The van der Waals surface area contributed by atoms with Crippen LogP contribution in [0.2, 0.25) is 0 Å². The predicted octanol–water partition coefficient (Wildman–Crippen LogP) is 4.30. The van der Waals surface area contributed by atoms with Gasteiger partial charge in [-0.25, -0.2) is 4.98 Å². The van der Waals surface area contributed by atoms with E-state index in [2.05, 4.69) is 15.0 Å². The Kier molecular flexibility index (Phi) is 4.53. The number of aryl methyl sites for hydroxylation is 1. The van der Waals surface area contributed by atoms with Crippen molar-refractivity contribution in [1.29, 1.82) is 0 Å². The summed E-state index contributed by atoms with van der Waals surface area (Å²) in [5.74, 6) is -0.233. The molecule has 0 aliphatic heterocycles. The highest BCUT2D eigenvalue weighted by molar-refractivity contribution is 7.15. The Balaban J connectivity index is 2.23. The number of hydrogen-bond acceptors (Lipinski definition) is 4. The highest BCUT2D eigenvalue weighted by Crippen LogP contribution is 2.33. The van der Waals surface area contributed by atoms with Crippen LogP contribution in [0.4, 0.5) is 13.2 Å². The van der Waals surface area contributed by atoms with E-state index in [0.29, 0.717) is 0 Å². The molecular formula is C14H15F3N2OS. The minimum absolute atomic E-state index is 0.184. The largest absolute Gasteiger partial charge is 0.573 e. The number of benzene rings is 1. The van der Waals surface area contributed by atoms with Gasteiger partial charge in [-0.2, -0.15) is 0 Å². The summed E-state index contributed by atoms with van der Waals surface area (Å²) in [4.78, 5) is 5.58. The molecule has 2 aromatic rings. The second-order valence-electron chi connectivity index (χ2n) is 4.55. The number of aromatic nitrogens is 1. The molecule has 1 atom stereocenters. The van der Waals surface area contributed by atoms with Crippen molar-refractivity contribution in [3.63, 3.8) is 0 Å². The maximum Gasteiger partial charge on any atom is 0.573 e. The van der Waals surface area contributed by atoms with Gasteiger partial charge in [-0.15, -0.1) is 24.5 Å². The van der Waals surface area contributed by atoms with Crippen LogP contribution in [0.3, 0.4) is 0 Å². The topological polar surface area (TPSA) is 34.1 Å². The Hall–Kier alpha value is -1.60. The van der Waals surface area contributed by atoms with Gasteiger partial charge in [0.15, 0.2) is 0 Å². The Morgan fingerprint density at radius 1 is 1.24 bits per heavy atom. The Morgan fingerprint density at radius 2 is 1.86 bits per heavy atom. The van der Waals surface area contributed by atoms with Gasteiger partial charge in [0.2, 0.25) is 0 Å². The summed E-state index contributed by atoms with van der Waals surface area (Å²) < 4.78 is 40.2. The average molecular weight is 316 g/mol. The lowest BCUT2D eigenvalue weighted by atomic mass is 10.2. The highest BCUT2D eigenvalue weighted by Gasteiger charge is 2.31. The van der Waals surface area contributed by atoms with Gasteiger partial charge in [-0.1, -0.05) is 0 Å².